The zero-order valence-corrected chi connectivity index (χ0v) is 22.7. The molecule has 1 unspecified atom stereocenters. The fourth-order valence-electron chi connectivity index (χ4n) is 6.10. The van der Waals surface area contributed by atoms with Gasteiger partial charge in [-0.3, -0.25) is 19.2 Å². The number of nitrogens with one attached hydrogen (secondary N) is 5. The van der Waals surface area contributed by atoms with Crippen LogP contribution >= 0.6 is 0 Å². The summed E-state index contributed by atoms with van der Waals surface area (Å²) in [7, 11) is 0. The number of carbonyl (C=O) groups excluding carboxylic acids is 5. The maximum Gasteiger partial charge on any atom is 0.268 e. The van der Waals surface area contributed by atoms with Gasteiger partial charge in [0.2, 0.25) is 17.7 Å². The van der Waals surface area contributed by atoms with E-state index in [1.807, 2.05) is 24.3 Å². The smallest absolute Gasteiger partial charge is 0.268 e. The van der Waals surface area contributed by atoms with E-state index in [2.05, 4.69) is 26.3 Å². The van der Waals surface area contributed by atoms with Gasteiger partial charge in [-0.1, -0.05) is 50.3 Å². The van der Waals surface area contributed by atoms with Crippen molar-refractivity contribution in [3.05, 3.63) is 36.0 Å². The number of hydrogen-bond donors (Lipinski definition) is 5. The van der Waals surface area contributed by atoms with Gasteiger partial charge in [0.1, 0.15) is 24.1 Å². The lowest BCUT2D eigenvalue weighted by molar-refractivity contribution is -0.132. The summed E-state index contributed by atoms with van der Waals surface area (Å²) in [5.74, 6) is -1.30. The van der Waals surface area contributed by atoms with Crippen molar-refractivity contribution in [2.24, 2.45) is 17.8 Å². The van der Waals surface area contributed by atoms with Crippen LogP contribution in [-0.4, -0.2) is 59.6 Å². The van der Waals surface area contributed by atoms with Crippen LogP contribution in [-0.2, 0) is 19.2 Å². The molecule has 10 heteroatoms. The third-order valence-corrected chi connectivity index (χ3v) is 8.56. The summed E-state index contributed by atoms with van der Waals surface area (Å²) in [5.41, 5.74) is 1.21. The van der Waals surface area contributed by atoms with Crippen LogP contribution in [0.5, 0.6) is 0 Å². The number of benzene rings is 1. The number of aromatic nitrogens is 1. The summed E-state index contributed by atoms with van der Waals surface area (Å²) in [4.78, 5) is 67.0. The zero-order valence-electron chi connectivity index (χ0n) is 22.7. The van der Waals surface area contributed by atoms with Gasteiger partial charge in [-0.25, -0.2) is 0 Å². The minimum absolute atomic E-state index is 0.00956. The summed E-state index contributed by atoms with van der Waals surface area (Å²) in [6.07, 6.45) is 8.96. The van der Waals surface area contributed by atoms with Crippen molar-refractivity contribution in [3.8, 4) is 0 Å². The number of aldehydes is 1. The highest BCUT2D eigenvalue weighted by Gasteiger charge is 2.39. The van der Waals surface area contributed by atoms with E-state index in [4.69, 9.17) is 0 Å². The molecule has 5 rings (SSSR count). The van der Waals surface area contributed by atoms with Gasteiger partial charge in [-0.05, 0) is 56.1 Å². The van der Waals surface area contributed by atoms with Crippen molar-refractivity contribution in [1.82, 2.24) is 26.3 Å². The monoisotopic (exact) mass is 549 g/mol. The Hall–Kier alpha value is -3.69. The quantitative estimate of drug-likeness (QED) is 0.258. The van der Waals surface area contributed by atoms with E-state index < -0.39 is 24.0 Å². The van der Waals surface area contributed by atoms with Gasteiger partial charge in [0.25, 0.3) is 5.91 Å². The van der Waals surface area contributed by atoms with E-state index in [0.29, 0.717) is 37.3 Å². The molecule has 3 aliphatic rings. The summed E-state index contributed by atoms with van der Waals surface area (Å²) in [6, 6.07) is 6.93. The molecule has 2 heterocycles. The lowest BCUT2D eigenvalue weighted by Gasteiger charge is -2.29. The number of amides is 4. The normalized spacial score (nSPS) is 21.7. The fourth-order valence-corrected chi connectivity index (χ4v) is 6.10. The van der Waals surface area contributed by atoms with Crippen LogP contribution in [0, 0.1) is 17.8 Å². The van der Waals surface area contributed by atoms with Crippen molar-refractivity contribution in [3.63, 3.8) is 0 Å². The Morgan fingerprint density at radius 2 is 1.70 bits per heavy atom. The van der Waals surface area contributed by atoms with Crippen molar-refractivity contribution >= 4 is 40.8 Å². The second kappa shape index (κ2) is 12.7. The number of aromatic amines is 1. The SMILES string of the molecule is O=C[C@H](C[C@@H]1CCNC1=O)NC(=O)[C@H](CC1CCCCC1)NC(=O)C(NC(=O)c1cc2ccccc2[nH]1)C1CC1. The second-order valence-corrected chi connectivity index (χ2v) is 11.6. The molecule has 0 spiro atoms. The van der Waals surface area contributed by atoms with E-state index in [0.717, 1.165) is 49.4 Å². The standard InChI is InChI=1S/C30H39N5O5/c36-17-22(15-21-12-13-31-27(21)37)32-28(38)24(14-18-6-2-1-3-7-18)34-30(40)26(19-10-11-19)35-29(39)25-16-20-8-4-5-9-23(20)33-25/h4-5,8-9,16-19,21-22,24,26,33H,1-3,6-7,10-15H2,(H,31,37)(H,32,38)(H,34,40)(H,35,39)/t21-,22-,24-,26?/m0/s1. The van der Waals surface area contributed by atoms with E-state index in [-0.39, 0.29) is 36.0 Å². The van der Waals surface area contributed by atoms with Crippen LogP contribution in [0.25, 0.3) is 10.9 Å². The molecule has 5 N–H and O–H groups in total. The van der Waals surface area contributed by atoms with Gasteiger partial charge < -0.3 is 31.0 Å². The number of H-pyrrole nitrogens is 1. The maximum absolute atomic E-state index is 13.6. The van der Waals surface area contributed by atoms with E-state index in [1.165, 1.54) is 6.42 Å². The molecular formula is C30H39N5O5. The largest absolute Gasteiger partial charge is 0.356 e. The summed E-state index contributed by atoms with van der Waals surface area (Å²) < 4.78 is 0. The van der Waals surface area contributed by atoms with Crippen LogP contribution in [0.2, 0.25) is 0 Å². The molecule has 2 aromatic rings. The molecule has 4 amide bonds. The molecule has 1 aromatic heterocycles. The minimum Gasteiger partial charge on any atom is -0.356 e. The molecule has 1 aromatic carbocycles. The minimum atomic E-state index is -0.832. The number of para-hydroxylation sites is 1. The predicted octanol–water partition coefficient (Wildman–Crippen LogP) is 2.34. The van der Waals surface area contributed by atoms with Crippen molar-refractivity contribution < 1.29 is 24.0 Å². The van der Waals surface area contributed by atoms with Gasteiger partial charge >= 0.3 is 0 Å². The molecular weight excluding hydrogens is 510 g/mol. The van der Waals surface area contributed by atoms with Crippen molar-refractivity contribution in [1.29, 1.82) is 0 Å². The first-order chi connectivity index (χ1) is 19.4. The van der Waals surface area contributed by atoms with Gasteiger partial charge in [0.15, 0.2) is 0 Å². The zero-order chi connectivity index (χ0) is 28.1. The molecule has 0 radical (unpaired) electrons. The van der Waals surface area contributed by atoms with Gasteiger partial charge in [-0.2, -0.15) is 0 Å². The Kier molecular flexibility index (Phi) is 8.81. The van der Waals surface area contributed by atoms with E-state index >= 15 is 0 Å². The number of rotatable bonds is 12. The van der Waals surface area contributed by atoms with E-state index in [1.54, 1.807) is 6.07 Å². The van der Waals surface area contributed by atoms with Crippen molar-refractivity contribution in [2.75, 3.05) is 6.54 Å². The van der Waals surface area contributed by atoms with Gasteiger partial charge in [0.05, 0.1) is 6.04 Å². The molecule has 2 aliphatic carbocycles. The van der Waals surface area contributed by atoms with Crippen molar-refractivity contribution in [2.45, 2.75) is 82.3 Å². The lowest BCUT2D eigenvalue weighted by Crippen LogP contribution is -2.56. The Labute approximate surface area is 233 Å². The highest BCUT2D eigenvalue weighted by atomic mass is 16.2. The molecule has 4 atom stereocenters. The van der Waals surface area contributed by atoms with Crippen LogP contribution < -0.4 is 21.3 Å². The van der Waals surface area contributed by atoms with Crippen LogP contribution in [0.3, 0.4) is 0 Å². The molecule has 0 bridgehead atoms. The molecule has 40 heavy (non-hydrogen) atoms. The molecule has 2 saturated carbocycles. The summed E-state index contributed by atoms with van der Waals surface area (Å²) in [6.45, 7) is 0.566. The highest BCUT2D eigenvalue weighted by molar-refractivity contribution is 6.01. The van der Waals surface area contributed by atoms with Crippen LogP contribution in [0.15, 0.2) is 30.3 Å². The molecule has 1 saturated heterocycles. The first kappa shape index (κ1) is 27.9. The number of hydrogen-bond acceptors (Lipinski definition) is 5. The number of fused-ring (bicyclic) bond motifs is 1. The summed E-state index contributed by atoms with van der Waals surface area (Å²) >= 11 is 0. The third kappa shape index (κ3) is 6.89. The number of carbonyl (C=O) groups is 5. The highest BCUT2D eigenvalue weighted by Crippen LogP contribution is 2.33. The van der Waals surface area contributed by atoms with E-state index in [9.17, 15) is 24.0 Å². The molecule has 1 aliphatic heterocycles. The summed E-state index contributed by atoms with van der Waals surface area (Å²) in [5, 5.41) is 12.3. The first-order valence-corrected chi connectivity index (χ1v) is 14.6. The fraction of sp³-hybridized carbons (Fsp3) is 0.567. The Morgan fingerprint density at radius 1 is 0.925 bits per heavy atom. The Balaban J connectivity index is 1.26. The first-order valence-electron chi connectivity index (χ1n) is 14.6. The topological polar surface area (TPSA) is 149 Å². The maximum atomic E-state index is 13.6. The van der Waals surface area contributed by atoms with Crippen LogP contribution in [0.1, 0.15) is 74.7 Å². The molecule has 214 valence electrons. The Morgan fingerprint density at radius 3 is 2.38 bits per heavy atom. The second-order valence-electron chi connectivity index (χ2n) is 11.6. The molecule has 10 nitrogen and oxygen atoms in total. The third-order valence-electron chi connectivity index (χ3n) is 8.56. The Bertz CT molecular complexity index is 1220. The average molecular weight is 550 g/mol. The van der Waals surface area contributed by atoms with Gasteiger partial charge in [-0.15, -0.1) is 0 Å². The van der Waals surface area contributed by atoms with Crippen LogP contribution in [0.4, 0.5) is 0 Å². The molecule has 3 fully saturated rings. The lowest BCUT2D eigenvalue weighted by atomic mass is 9.84. The average Bonchev–Trinajstić information content (AvgIpc) is 3.58. The van der Waals surface area contributed by atoms with Gasteiger partial charge in [0, 0.05) is 23.4 Å². The predicted molar refractivity (Wildman–Crippen MR) is 149 cm³/mol.